The predicted octanol–water partition coefficient (Wildman–Crippen LogP) is 3.98. The maximum absolute atomic E-state index is 12.3. The minimum absolute atomic E-state index is 0.0367. The van der Waals surface area contributed by atoms with Crippen molar-refractivity contribution >= 4 is 17.7 Å². The average molecular weight is 411 g/mol. The van der Waals surface area contributed by atoms with Crippen molar-refractivity contribution < 1.29 is 9.53 Å². The summed E-state index contributed by atoms with van der Waals surface area (Å²) in [5.74, 6) is 1.80. The van der Waals surface area contributed by atoms with Crippen LogP contribution >= 0.6 is 11.8 Å². The fourth-order valence-corrected chi connectivity index (χ4v) is 3.58. The first-order chi connectivity index (χ1) is 13.9. The second kappa shape index (κ2) is 9.60. The molecule has 0 aliphatic heterocycles. The smallest absolute Gasteiger partial charge is 0.230 e. The number of carbonyl (C=O) groups is 1. The van der Waals surface area contributed by atoms with Gasteiger partial charge < -0.3 is 14.6 Å². The molecule has 0 saturated heterocycles. The summed E-state index contributed by atoms with van der Waals surface area (Å²) in [6, 6.07) is 16.0. The lowest BCUT2D eigenvalue weighted by Gasteiger charge is -2.14. The molecule has 1 amide bonds. The second-order valence-electron chi connectivity index (χ2n) is 7.00. The molecule has 0 bridgehead atoms. The molecule has 2 aromatic carbocycles. The molecule has 29 heavy (non-hydrogen) atoms. The van der Waals surface area contributed by atoms with Crippen LogP contribution < -0.4 is 10.1 Å². The Morgan fingerprint density at radius 1 is 1.17 bits per heavy atom. The van der Waals surface area contributed by atoms with Gasteiger partial charge in [0.1, 0.15) is 12.4 Å². The van der Waals surface area contributed by atoms with Crippen LogP contribution in [0.3, 0.4) is 0 Å². The van der Waals surface area contributed by atoms with Crippen molar-refractivity contribution in [1.29, 1.82) is 0 Å². The third-order valence-corrected chi connectivity index (χ3v) is 5.66. The number of benzene rings is 2. The Morgan fingerprint density at radius 2 is 1.93 bits per heavy atom. The van der Waals surface area contributed by atoms with Gasteiger partial charge in [-0.1, -0.05) is 54.2 Å². The van der Waals surface area contributed by atoms with Gasteiger partial charge >= 0.3 is 0 Å². The van der Waals surface area contributed by atoms with E-state index in [1.54, 1.807) is 0 Å². The summed E-state index contributed by atoms with van der Waals surface area (Å²) >= 11 is 1.36. The van der Waals surface area contributed by atoms with Gasteiger partial charge in [-0.25, -0.2) is 0 Å². The molecule has 1 N–H and O–H groups in total. The molecule has 1 heterocycles. The zero-order valence-electron chi connectivity index (χ0n) is 17.2. The topological polar surface area (TPSA) is 69.0 Å². The quantitative estimate of drug-likeness (QED) is 0.569. The molecule has 3 aromatic rings. The van der Waals surface area contributed by atoms with Crippen LogP contribution in [0.25, 0.3) is 0 Å². The molecule has 1 atom stereocenters. The molecule has 0 saturated carbocycles. The summed E-state index contributed by atoms with van der Waals surface area (Å²) in [4.78, 5) is 12.3. The first-order valence-electron chi connectivity index (χ1n) is 9.49. The average Bonchev–Trinajstić information content (AvgIpc) is 3.07. The number of hydrogen-bond acceptors (Lipinski definition) is 5. The summed E-state index contributed by atoms with van der Waals surface area (Å²) in [5, 5.41) is 12.1. The highest BCUT2D eigenvalue weighted by Gasteiger charge is 2.14. The molecule has 0 aliphatic rings. The van der Waals surface area contributed by atoms with Crippen LogP contribution in [0, 0.1) is 13.8 Å². The number of ether oxygens (including phenoxy) is 1. The van der Waals surface area contributed by atoms with E-state index in [-0.39, 0.29) is 17.7 Å². The number of nitrogens with one attached hydrogen (secondary N) is 1. The van der Waals surface area contributed by atoms with E-state index in [9.17, 15) is 4.79 Å². The van der Waals surface area contributed by atoms with E-state index in [4.69, 9.17) is 4.74 Å². The number of hydrogen-bond donors (Lipinski definition) is 1. The molecule has 0 spiro atoms. The first-order valence-corrected chi connectivity index (χ1v) is 10.5. The van der Waals surface area contributed by atoms with Gasteiger partial charge in [0.2, 0.25) is 5.91 Å². The van der Waals surface area contributed by atoms with E-state index in [0.29, 0.717) is 17.6 Å². The molecule has 6 nitrogen and oxygen atoms in total. The number of thioether (sulfide) groups is 1. The normalized spacial score (nSPS) is 11.9. The van der Waals surface area contributed by atoms with Crippen molar-refractivity contribution in [3.63, 3.8) is 0 Å². The van der Waals surface area contributed by atoms with Gasteiger partial charge in [-0.15, -0.1) is 10.2 Å². The van der Waals surface area contributed by atoms with E-state index >= 15 is 0 Å². The van der Waals surface area contributed by atoms with E-state index in [0.717, 1.165) is 22.4 Å². The van der Waals surface area contributed by atoms with Crippen LogP contribution in [0.1, 0.15) is 35.5 Å². The molecule has 3 rings (SSSR count). The molecule has 0 radical (unpaired) electrons. The van der Waals surface area contributed by atoms with Gasteiger partial charge in [-0.05, 0) is 43.5 Å². The third-order valence-electron chi connectivity index (χ3n) is 4.63. The van der Waals surface area contributed by atoms with E-state index < -0.39 is 0 Å². The Hall–Kier alpha value is -2.80. The van der Waals surface area contributed by atoms with Crippen molar-refractivity contribution in [1.82, 2.24) is 20.1 Å². The van der Waals surface area contributed by atoms with Crippen LogP contribution in [0.2, 0.25) is 0 Å². The number of rotatable bonds is 8. The minimum Gasteiger partial charge on any atom is -0.485 e. The molecule has 0 aliphatic carbocycles. The van der Waals surface area contributed by atoms with Gasteiger partial charge in [0, 0.05) is 7.05 Å². The van der Waals surface area contributed by atoms with Crippen LogP contribution in [-0.2, 0) is 18.4 Å². The van der Waals surface area contributed by atoms with Gasteiger partial charge in [-0.3, -0.25) is 4.79 Å². The molecule has 152 valence electrons. The number of amides is 1. The lowest BCUT2D eigenvalue weighted by molar-refractivity contribution is -0.119. The summed E-state index contributed by atoms with van der Waals surface area (Å²) < 4.78 is 7.78. The molecule has 1 aromatic heterocycles. The van der Waals surface area contributed by atoms with E-state index in [1.807, 2.05) is 74.9 Å². The summed E-state index contributed by atoms with van der Waals surface area (Å²) in [7, 11) is 1.88. The van der Waals surface area contributed by atoms with Crippen molar-refractivity contribution in [2.45, 2.75) is 38.6 Å². The summed E-state index contributed by atoms with van der Waals surface area (Å²) in [5.41, 5.74) is 3.31. The minimum atomic E-state index is -0.0393. The molecule has 0 fully saturated rings. The predicted molar refractivity (Wildman–Crippen MR) is 115 cm³/mol. The Labute approximate surface area is 175 Å². The third kappa shape index (κ3) is 5.60. The van der Waals surface area contributed by atoms with Crippen molar-refractivity contribution in [3.05, 3.63) is 71.0 Å². The van der Waals surface area contributed by atoms with Gasteiger partial charge in [0.15, 0.2) is 11.0 Å². The zero-order chi connectivity index (χ0) is 20.8. The van der Waals surface area contributed by atoms with Crippen molar-refractivity contribution in [2.75, 3.05) is 5.75 Å². The molecular weight excluding hydrogens is 384 g/mol. The number of aromatic nitrogens is 3. The highest BCUT2D eigenvalue weighted by atomic mass is 32.2. The largest absolute Gasteiger partial charge is 0.485 e. The van der Waals surface area contributed by atoms with Gasteiger partial charge in [-0.2, -0.15) is 0 Å². The van der Waals surface area contributed by atoms with Crippen LogP contribution in [0.4, 0.5) is 0 Å². The second-order valence-corrected chi connectivity index (χ2v) is 7.95. The van der Waals surface area contributed by atoms with Gasteiger partial charge in [0.05, 0.1) is 11.8 Å². The molecular formula is C22H26N4O2S. The first kappa shape index (κ1) is 20.9. The van der Waals surface area contributed by atoms with Crippen molar-refractivity contribution in [3.8, 4) is 5.75 Å². The number of nitrogens with zero attached hydrogens (tertiary/aromatic N) is 3. The van der Waals surface area contributed by atoms with Crippen LogP contribution in [-0.4, -0.2) is 26.4 Å². The van der Waals surface area contributed by atoms with Gasteiger partial charge in [0.25, 0.3) is 0 Å². The maximum atomic E-state index is 12.3. The fourth-order valence-electron chi connectivity index (χ4n) is 2.84. The van der Waals surface area contributed by atoms with Crippen molar-refractivity contribution in [2.24, 2.45) is 7.05 Å². The Bertz CT molecular complexity index is 972. The molecule has 7 heteroatoms. The Morgan fingerprint density at radius 3 is 2.69 bits per heavy atom. The SMILES string of the molecule is Cc1ccc(C)c(OCc2nnc(SCC(=O)NC(C)c3ccccc3)n2C)c1. The van der Waals surface area contributed by atoms with Crippen LogP contribution in [0.15, 0.2) is 53.7 Å². The Balaban J connectivity index is 1.53. The zero-order valence-corrected chi connectivity index (χ0v) is 18.0. The lowest BCUT2D eigenvalue weighted by atomic mass is 10.1. The van der Waals surface area contributed by atoms with E-state index in [2.05, 4.69) is 21.6 Å². The summed E-state index contributed by atoms with van der Waals surface area (Å²) in [6.45, 7) is 6.35. The standard InChI is InChI=1S/C22H26N4O2S/c1-15-10-11-16(2)19(12-15)28-13-20-24-25-22(26(20)4)29-14-21(27)23-17(3)18-8-6-5-7-9-18/h5-12,17H,13-14H2,1-4H3,(H,23,27). The van der Waals surface area contributed by atoms with Crippen LogP contribution in [0.5, 0.6) is 5.75 Å². The monoisotopic (exact) mass is 410 g/mol. The highest BCUT2D eigenvalue weighted by Crippen LogP contribution is 2.21. The summed E-state index contributed by atoms with van der Waals surface area (Å²) in [6.07, 6.45) is 0. The number of aryl methyl sites for hydroxylation is 2. The fraction of sp³-hybridized carbons (Fsp3) is 0.318. The van der Waals surface area contributed by atoms with E-state index in [1.165, 1.54) is 11.8 Å². The molecule has 1 unspecified atom stereocenters. The maximum Gasteiger partial charge on any atom is 0.230 e. The highest BCUT2D eigenvalue weighted by molar-refractivity contribution is 7.99. The lowest BCUT2D eigenvalue weighted by Crippen LogP contribution is -2.28. The Kier molecular flexibility index (Phi) is 6.93. The number of carbonyl (C=O) groups excluding carboxylic acids is 1.